The van der Waals surface area contributed by atoms with Gasteiger partial charge in [-0.2, -0.15) is 4.39 Å². The van der Waals surface area contributed by atoms with Crippen LogP contribution in [0.1, 0.15) is 30.0 Å². The van der Waals surface area contributed by atoms with Crippen LogP contribution in [0.15, 0.2) is 42.6 Å². The molecule has 1 heterocycles. The van der Waals surface area contributed by atoms with Crippen LogP contribution in [0.2, 0.25) is 0 Å². The lowest BCUT2D eigenvalue weighted by Gasteiger charge is -2.27. The van der Waals surface area contributed by atoms with Crippen LogP contribution in [0.5, 0.6) is 0 Å². The van der Waals surface area contributed by atoms with E-state index in [0.29, 0.717) is 0 Å². The van der Waals surface area contributed by atoms with Crippen LogP contribution in [-0.2, 0) is 6.42 Å². The third-order valence-corrected chi connectivity index (χ3v) is 3.44. The van der Waals surface area contributed by atoms with Crippen LogP contribution in [0.4, 0.5) is 10.1 Å². The summed E-state index contributed by atoms with van der Waals surface area (Å²) >= 11 is 0. The van der Waals surface area contributed by atoms with Crippen LogP contribution >= 0.6 is 0 Å². The van der Waals surface area contributed by atoms with E-state index in [1.165, 1.54) is 29.8 Å². The molecule has 1 aliphatic rings. The predicted octanol–water partition coefficient (Wildman–Crippen LogP) is 3.71. The smallest absolute Gasteiger partial charge is 0.214 e. The number of rotatable bonds is 2. The predicted molar refractivity (Wildman–Crippen MR) is 69.9 cm³/mol. The van der Waals surface area contributed by atoms with E-state index in [0.717, 1.165) is 18.5 Å². The Balaban J connectivity index is 1.86. The molecule has 0 fully saturated rings. The number of aryl methyl sites for hydroxylation is 1. The molecule has 1 N–H and O–H groups in total. The van der Waals surface area contributed by atoms with Crippen molar-refractivity contribution >= 4 is 5.69 Å². The third kappa shape index (κ3) is 2.21. The monoisotopic (exact) mass is 242 g/mol. The minimum absolute atomic E-state index is 0.275. The van der Waals surface area contributed by atoms with E-state index in [1.54, 1.807) is 6.07 Å². The Morgan fingerprint density at radius 1 is 1.22 bits per heavy atom. The second kappa shape index (κ2) is 4.77. The van der Waals surface area contributed by atoms with Gasteiger partial charge in [0.1, 0.15) is 0 Å². The average Bonchev–Trinajstić information content (AvgIpc) is 2.39. The van der Waals surface area contributed by atoms with E-state index in [4.69, 9.17) is 0 Å². The number of benzene rings is 1. The molecule has 0 saturated heterocycles. The normalized spacial score (nSPS) is 18.2. The molecule has 1 aromatic heterocycles. The molecule has 1 unspecified atom stereocenters. The molecule has 0 radical (unpaired) electrons. The fraction of sp³-hybridized carbons (Fsp3) is 0.267. The Morgan fingerprint density at radius 2 is 2.11 bits per heavy atom. The van der Waals surface area contributed by atoms with Gasteiger partial charge >= 0.3 is 0 Å². The standard InChI is InChI=1S/C15H15FN2/c16-15-10-12(8-9-17-15)18-14-7-3-5-11-4-1-2-6-13(11)14/h1-2,4,6,8-10,14H,3,5,7H2,(H,17,18). The number of nitrogens with zero attached hydrogens (tertiary/aromatic N) is 1. The maximum absolute atomic E-state index is 13.1. The Labute approximate surface area is 106 Å². The second-order valence-corrected chi connectivity index (χ2v) is 4.66. The number of hydrogen-bond donors (Lipinski definition) is 1. The summed E-state index contributed by atoms with van der Waals surface area (Å²) in [6.45, 7) is 0. The van der Waals surface area contributed by atoms with Crippen LogP contribution in [0, 0.1) is 5.95 Å². The zero-order valence-corrected chi connectivity index (χ0v) is 10.1. The Morgan fingerprint density at radius 3 is 3.00 bits per heavy atom. The molecular formula is C15H15FN2. The zero-order chi connectivity index (χ0) is 12.4. The maximum Gasteiger partial charge on any atom is 0.214 e. The molecule has 0 saturated carbocycles. The lowest BCUT2D eigenvalue weighted by molar-refractivity contribution is 0.579. The molecule has 18 heavy (non-hydrogen) atoms. The summed E-state index contributed by atoms with van der Waals surface area (Å²) in [5, 5.41) is 3.40. The summed E-state index contributed by atoms with van der Waals surface area (Å²) in [6.07, 6.45) is 4.88. The summed E-state index contributed by atoms with van der Waals surface area (Å²) in [5.41, 5.74) is 3.53. The van der Waals surface area contributed by atoms with Gasteiger partial charge in [0.2, 0.25) is 5.95 Å². The van der Waals surface area contributed by atoms with Crippen molar-refractivity contribution in [3.63, 3.8) is 0 Å². The fourth-order valence-corrected chi connectivity index (χ4v) is 2.60. The van der Waals surface area contributed by atoms with Crippen molar-refractivity contribution in [3.8, 4) is 0 Å². The first-order valence-corrected chi connectivity index (χ1v) is 6.29. The van der Waals surface area contributed by atoms with Crippen molar-refractivity contribution in [1.82, 2.24) is 4.98 Å². The molecule has 0 amide bonds. The van der Waals surface area contributed by atoms with Gasteiger partial charge < -0.3 is 5.32 Å². The number of halogens is 1. The van der Waals surface area contributed by atoms with Gasteiger partial charge in [0.15, 0.2) is 0 Å². The van der Waals surface area contributed by atoms with Gasteiger partial charge in [-0.3, -0.25) is 0 Å². The number of fused-ring (bicyclic) bond motifs is 1. The van der Waals surface area contributed by atoms with E-state index < -0.39 is 5.95 Å². The van der Waals surface area contributed by atoms with Gasteiger partial charge in [-0.15, -0.1) is 0 Å². The first-order chi connectivity index (χ1) is 8.83. The molecule has 1 aromatic carbocycles. The van der Waals surface area contributed by atoms with Crippen LogP contribution in [0.3, 0.4) is 0 Å². The zero-order valence-electron chi connectivity index (χ0n) is 10.1. The molecule has 0 spiro atoms. The van der Waals surface area contributed by atoms with Gasteiger partial charge in [-0.05, 0) is 36.5 Å². The largest absolute Gasteiger partial charge is 0.378 e. The SMILES string of the molecule is Fc1cc(NC2CCCc3ccccc32)ccn1. The van der Waals surface area contributed by atoms with Gasteiger partial charge in [-0.1, -0.05) is 24.3 Å². The van der Waals surface area contributed by atoms with Crippen molar-refractivity contribution in [2.45, 2.75) is 25.3 Å². The molecular weight excluding hydrogens is 227 g/mol. The molecule has 3 rings (SSSR count). The maximum atomic E-state index is 13.1. The number of hydrogen-bond acceptors (Lipinski definition) is 2. The number of aromatic nitrogens is 1. The molecule has 0 bridgehead atoms. The van der Waals surface area contributed by atoms with E-state index in [-0.39, 0.29) is 6.04 Å². The first kappa shape index (κ1) is 11.2. The van der Waals surface area contributed by atoms with Gasteiger partial charge in [0.25, 0.3) is 0 Å². The van der Waals surface area contributed by atoms with E-state index in [2.05, 4.69) is 34.6 Å². The molecule has 92 valence electrons. The minimum Gasteiger partial charge on any atom is -0.378 e. The van der Waals surface area contributed by atoms with E-state index in [9.17, 15) is 4.39 Å². The van der Waals surface area contributed by atoms with Crippen molar-refractivity contribution in [3.05, 3.63) is 59.7 Å². The van der Waals surface area contributed by atoms with Crippen LogP contribution in [0.25, 0.3) is 0 Å². The van der Waals surface area contributed by atoms with Crippen molar-refractivity contribution in [1.29, 1.82) is 0 Å². The number of anilines is 1. The highest BCUT2D eigenvalue weighted by Crippen LogP contribution is 2.32. The highest BCUT2D eigenvalue weighted by atomic mass is 19.1. The summed E-state index contributed by atoms with van der Waals surface area (Å²) in [4.78, 5) is 3.57. The number of nitrogens with one attached hydrogen (secondary N) is 1. The van der Waals surface area contributed by atoms with Crippen molar-refractivity contribution in [2.24, 2.45) is 0 Å². The molecule has 2 nitrogen and oxygen atoms in total. The fourth-order valence-electron chi connectivity index (χ4n) is 2.60. The van der Waals surface area contributed by atoms with Crippen LogP contribution < -0.4 is 5.32 Å². The molecule has 1 aliphatic carbocycles. The summed E-state index contributed by atoms with van der Waals surface area (Å²) < 4.78 is 13.1. The first-order valence-electron chi connectivity index (χ1n) is 6.29. The van der Waals surface area contributed by atoms with Gasteiger partial charge in [0, 0.05) is 18.0 Å². The topological polar surface area (TPSA) is 24.9 Å². The lowest BCUT2D eigenvalue weighted by Crippen LogP contribution is -2.17. The van der Waals surface area contributed by atoms with E-state index in [1.807, 2.05) is 0 Å². The third-order valence-electron chi connectivity index (χ3n) is 3.44. The Kier molecular flexibility index (Phi) is 2.97. The lowest BCUT2D eigenvalue weighted by atomic mass is 9.87. The summed E-state index contributed by atoms with van der Waals surface area (Å²) in [7, 11) is 0. The van der Waals surface area contributed by atoms with E-state index >= 15 is 0 Å². The molecule has 3 heteroatoms. The summed E-state index contributed by atoms with van der Waals surface area (Å²) in [5.74, 6) is -0.441. The molecule has 0 aliphatic heterocycles. The molecule has 2 aromatic rings. The average molecular weight is 242 g/mol. The molecule has 1 atom stereocenters. The highest BCUT2D eigenvalue weighted by Gasteiger charge is 2.19. The second-order valence-electron chi connectivity index (χ2n) is 4.66. The quantitative estimate of drug-likeness (QED) is 0.812. The summed E-state index contributed by atoms with van der Waals surface area (Å²) in [6, 6.07) is 12.0. The van der Waals surface area contributed by atoms with Gasteiger partial charge in [-0.25, -0.2) is 4.98 Å². The van der Waals surface area contributed by atoms with Gasteiger partial charge in [0.05, 0.1) is 6.04 Å². The van der Waals surface area contributed by atoms with Crippen molar-refractivity contribution in [2.75, 3.05) is 5.32 Å². The Hall–Kier alpha value is -1.90. The highest BCUT2D eigenvalue weighted by molar-refractivity contribution is 5.46. The minimum atomic E-state index is -0.441. The van der Waals surface area contributed by atoms with Crippen molar-refractivity contribution < 1.29 is 4.39 Å². The number of pyridine rings is 1. The Bertz CT molecular complexity index is 554. The van der Waals surface area contributed by atoms with Crippen LogP contribution in [-0.4, -0.2) is 4.98 Å².